The molecular weight excluding hydrogens is 526 g/mol. The highest BCUT2D eigenvalue weighted by molar-refractivity contribution is 5.87. The van der Waals surface area contributed by atoms with Gasteiger partial charge in [-0.25, -0.2) is 0 Å². The predicted molar refractivity (Wildman–Crippen MR) is 173 cm³/mol. The molecule has 0 spiro atoms. The Kier molecular flexibility index (Phi) is 13.7. The number of carbonyl (C=O) groups excluding carboxylic acids is 2. The lowest BCUT2D eigenvalue weighted by Gasteiger charge is -2.29. The van der Waals surface area contributed by atoms with E-state index >= 15 is 0 Å². The van der Waals surface area contributed by atoms with Crippen LogP contribution < -0.4 is 16.4 Å². The fourth-order valence-corrected chi connectivity index (χ4v) is 6.45. The molecule has 0 aromatic carbocycles. The lowest BCUT2D eigenvalue weighted by atomic mass is 9.75. The van der Waals surface area contributed by atoms with Crippen LogP contribution in [0.5, 0.6) is 0 Å². The number of hydrogen-bond donors (Lipinski definition) is 3. The van der Waals surface area contributed by atoms with Gasteiger partial charge in [0, 0.05) is 30.4 Å². The molecule has 0 fully saturated rings. The SMILES string of the molecule is CC1=C(C)C(C)(CCOCCOCCNC(=O)C(CCCCN)NC(=O)CCC2(C)C(C)=C(C)C(C)=C2C)C(C)=C1C. The number of unbranched alkanes of at least 4 members (excludes halogenated alkanes) is 1. The summed E-state index contributed by atoms with van der Waals surface area (Å²) < 4.78 is 11.6. The van der Waals surface area contributed by atoms with Gasteiger partial charge in [-0.1, -0.05) is 36.1 Å². The Morgan fingerprint density at radius 1 is 0.714 bits per heavy atom. The van der Waals surface area contributed by atoms with Crippen LogP contribution in [0, 0.1) is 10.8 Å². The van der Waals surface area contributed by atoms with Crippen LogP contribution in [0.2, 0.25) is 0 Å². The van der Waals surface area contributed by atoms with Gasteiger partial charge in [0.1, 0.15) is 6.04 Å². The van der Waals surface area contributed by atoms with Crippen molar-refractivity contribution in [3.63, 3.8) is 0 Å². The molecule has 4 N–H and O–H groups in total. The first-order chi connectivity index (χ1) is 19.7. The summed E-state index contributed by atoms with van der Waals surface area (Å²) in [6.07, 6.45) is 4.22. The fourth-order valence-electron chi connectivity index (χ4n) is 6.45. The van der Waals surface area contributed by atoms with Crippen molar-refractivity contribution in [2.45, 2.75) is 114 Å². The maximum atomic E-state index is 13.0. The Morgan fingerprint density at radius 2 is 1.19 bits per heavy atom. The van der Waals surface area contributed by atoms with Crippen molar-refractivity contribution in [1.82, 2.24) is 10.6 Å². The molecule has 0 bridgehead atoms. The van der Waals surface area contributed by atoms with Crippen LogP contribution in [0.15, 0.2) is 44.6 Å². The van der Waals surface area contributed by atoms with Crippen LogP contribution in [-0.2, 0) is 19.1 Å². The van der Waals surface area contributed by atoms with Gasteiger partial charge in [0.15, 0.2) is 0 Å². The second-order valence-corrected chi connectivity index (χ2v) is 12.8. The normalized spacial score (nSPS) is 18.8. The van der Waals surface area contributed by atoms with Gasteiger partial charge in [0.05, 0.1) is 19.8 Å². The number of allylic oxidation sites excluding steroid dienone is 8. The molecule has 2 amide bonds. The van der Waals surface area contributed by atoms with Crippen molar-refractivity contribution >= 4 is 11.8 Å². The Balaban J connectivity index is 1.71. The highest BCUT2D eigenvalue weighted by Gasteiger charge is 2.37. The van der Waals surface area contributed by atoms with E-state index in [0.717, 1.165) is 25.7 Å². The summed E-state index contributed by atoms with van der Waals surface area (Å²) in [5.74, 6) is -0.262. The number of ether oxygens (including phenoxy) is 2. The second kappa shape index (κ2) is 16.0. The first-order valence-electron chi connectivity index (χ1n) is 15.9. The standard InChI is InChI=1S/C35H59N3O4/c1-23-24(2)28(6)34(9,27(23)5)15-14-32(39)38-31(13-11-12-17-36)33(40)37-18-20-42-22-21-41-19-16-35(10)29(7)25(3)26(4)30(35)8/h31H,11-22,36H2,1-10H3,(H,37,40)(H,38,39). The van der Waals surface area contributed by atoms with Gasteiger partial charge in [-0.05, 0) is 116 Å². The topological polar surface area (TPSA) is 103 Å². The van der Waals surface area contributed by atoms with E-state index in [-0.39, 0.29) is 22.6 Å². The molecule has 2 aliphatic carbocycles. The summed E-state index contributed by atoms with van der Waals surface area (Å²) in [6, 6.07) is -0.570. The monoisotopic (exact) mass is 585 g/mol. The Hall–Kier alpha value is -2.22. The van der Waals surface area contributed by atoms with E-state index in [9.17, 15) is 9.59 Å². The van der Waals surface area contributed by atoms with E-state index in [2.05, 4.69) is 79.9 Å². The Bertz CT molecular complexity index is 1060. The van der Waals surface area contributed by atoms with Crippen molar-refractivity contribution in [1.29, 1.82) is 0 Å². The summed E-state index contributed by atoms with van der Waals surface area (Å²) in [5, 5.41) is 5.92. The smallest absolute Gasteiger partial charge is 0.242 e. The number of hydrogen-bond acceptors (Lipinski definition) is 5. The van der Waals surface area contributed by atoms with E-state index < -0.39 is 6.04 Å². The minimum Gasteiger partial charge on any atom is -0.379 e. The van der Waals surface area contributed by atoms with Crippen LogP contribution in [0.25, 0.3) is 0 Å². The van der Waals surface area contributed by atoms with E-state index in [1.54, 1.807) is 0 Å². The molecule has 1 atom stereocenters. The quantitative estimate of drug-likeness (QED) is 0.164. The van der Waals surface area contributed by atoms with E-state index in [4.69, 9.17) is 15.2 Å². The van der Waals surface area contributed by atoms with Gasteiger partial charge >= 0.3 is 0 Å². The lowest BCUT2D eigenvalue weighted by Crippen LogP contribution is -2.47. The average Bonchev–Trinajstić information content (AvgIpc) is 3.21. The molecule has 7 heteroatoms. The molecule has 0 saturated heterocycles. The number of nitrogens with two attached hydrogens (primary N) is 1. The predicted octanol–water partition coefficient (Wildman–Crippen LogP) is 6.31. The largest absolute Gasteiger partial charge is 0.379 e. The molecular formula is C35H59N3O4. The van der Waals surface area contributed by atoms with Gasteiger partial charge in [0.2, 0.25) is 11.8 Å². The molecule has 7 nitrogen and oxygen atoms in total. The molecule has 238 valence electrons. The zero-order chi connectivity index (χ0) is 31.7. The van der Waals surface area contributed by atoms with Crippen LogP contribution in [0.4, 0.5) is 0 Å². The van der Waals surface area contributed by atoms with Crippen LogP contribution >= 0.6 is 0 Å². The second-order valence-electron chi connectivity index (χ2n) is 12.8. The number of nitrogens with one attached hydrogen (secondary N) is 2. The molecule has 0 aromatic rings. The molecule has 1 unspecified atom stereocenters. The van der Waals surface area contributed by atoms with E-state index in [0.29, 0.717) is 52.4 Å². The Labute approximate surface area is 255 Å². The van der Waals surface area contributed by atoms with Crippen molar-refractivity contribution in [3.8, 4) is 0 Å². The van der Waals surface area contributed by atoms with Gasteiger partial charge < -0.3 is 25.8 Å². The molecule has 42 heavy (non-hydrogen) atoms. The summed E-state index contributed by atoms with van der Waals surface area (Å²) in [6.45, 7) is 25.1. The van der Waals surface area contributed by atoms with Crippen molar-refractivity contribution in [2.24, 2.45) is 16.6 Å². The van der Waals surface area contributed by atoms with E-state index in [1.165, 1.54) is 44.6 Å². The molecule has 0 aromatic heterocycles. The first-order valence-corrected chi connectivity index (χ1v) is 15.9. The molecule has 2 rings (SSSR count). The minimum atomic E-state index is -0.570. The minimum absolute atomic E-state index is 0.0773. The maximum Gasteiger partial charge on any atom is 0.242 e. The highest BCUT2D eigenvalue weighted by Crippen LogP contribution is 2.49. The number of amides is 2. The van der Waals surface area contributed by atoms with Crippen molar-refractivity contribution < 1.29 is 19.1 Å². The zero-order valence-electron chi connectivity index (χ0n) is 28.3. The summed E-state index contributed by atoms with van der Waals surface area (Å²) >= 11 is 0. The third kappa shape index (κ3) is 8.45. The maximum absolute atomic E-state index is 13.0. The van der Waals surface area contributed by atoms with Crippen LogP contribution in [-0.4, -0.2) is 57.4 Å². The Morgan fingerprint density at radius 3 is 1.69 bits per heavy atom. The van der Waals surface area contributed by atoms with Crippen molar-refractivity contribution in [3.05, 3.63) is 44.6 Å². The number of carbonyl (C=O) groups is 2. The van der Waals surface area contributed by atoms with Gasteiger partial charge in [-0.3, -0.25) is 9.59 Å². The zero-order valence-corrected chi connectivity index (χ0v) is 28.3. The third-order valence-corrected chi connectivity index (χ3v) is 10.8. The van der Waals surface area contributed by atoms with Crippen LogP contribution in [0.3, 0.4) is 0 Å². The van der Waals surface area contributed by atoms with E-state index in [1.807, 2.05) is 0 Å². The van der Waals surface area contributed by atoms with Gasteiger partial charge in [-0.2, -0.15) is 0 Å². The summed E-state index contributed by atoms with van der Waals surface area (Å²) in [5.41, 5.74) is 16.7. The summed E-state index contributed by atoms with van der Waals surface area (Å²) in [7, 11) is 0. The average molecular weight is 586 g/mol. The molecule has 0 heterocycles. The highest BCUT2D eigenvalue weighted by atomic mass is 16.5. The molecule has 0 radical (unpaired) electrons. The lowest BCUT2D eigenvalue weighted by molar-refractivity contribution is -0.129. The van der Waals surface area contributed by atoms with Crippen LogP contribution in [0.1, 0.15) is 108 Å². The third-order valence-electron chi connectivity index (χ3n) is 10.8. The summed E-state index contributed by atoms with van der Waals surface area (Å²) in [4.78, 5) is 25.9. The van der Waals surface area contributed by atoms with Gasteiger partial charge in [-0.15, -0.1) is 0 Å². The van der Waals surface area contributed by atoms with Crippen molar-refractivity contribution in [2.75, 3.05) is 39.5 Å². The molecule has 2 aliphatic rings. The molecule has 0 saturated carbocycles. The molecule has 0 aliphatic heterocycles. The first kappa shape index (κ1) is 36.0. The van der Waals surface area contributed by atoms with Gasteiger partial charge in [0.25, 0.3) is 0 Å². The fraction of sp³-hybridized carbons (Fsp3) is 0.714. The number of rotatable bonds is 18.